The average molecular weight is 233 g/mol. The van der Waals surface area contributed by atoms with Crippen molar-refractivity contribution < 1.29 is 4.52 Å². The van der Waals surface area contributed by atoms with Crippen LogP contribution in [0.2, 0.25) is 0 Å². The van der Waals surface area contributed by atoms with Gasteiger partial charge in [0.2, 0.25) is 0 Å². The van der Waals surface area contributed by atoms with Gasteiger partial charge in [-0.1, -0.05) is 12.1 Å². The SMILES string of the molecule is CCCNc1cncc(NCc2ccon2)n1. The van der Waals surface area contributed by atoms with Crippen LogP contribution in [0.4, 0.5) is 11.6 Å². The minimum Gasteiger partial charge on any atom is -0.369 e. The molecule has 0 unspecified atom stereocenters. The average Bonchev–Trinajstić information content (AvgIpc) is 2.87. The second-order valence-corrected chi connectivity index (χ2v) is 3.56. The number of anilines is 2. The third-order valence-corrected chi connectivity index (χ3v) is 2.13. The maximum Gasteiger partial charge on any atom is 0.147 e. The molecule has 0 aliphatic heterocycles. The van der Waals surface area contributed by atoms with Crippen LogP contribution in [0, 0.1) is 0 Å². The molecule has 2 heterocycles. The zero-order valence-electron chi connectivity index (χ0n) is 9.68. The van der Waals surface area contributed by atoms with Gasteiger partial charge in [-0.05, 0) is 6.42 Å². The fourth-order valence-electron chi connectivity index (χ4n) is 1.30. The molecule has 0 aromatic carbocycles. The van der Waals surface area contributed by atoms with E-state index in [-0.39, 0.29) is 0 Å². The second kappa shape index (κ2) is 5.83. The van der Waals surface area contributed by atoms with Crippen LogP contribution < -0.4 is 10.6 Å². The Hall–Kier alpha value is -2.11. The summed E-state index contributed by atoms with van der Waals surface area (Å²) in [6, 6.07) is 1.81. The van der Waals surface area contributed by atoms with E-state index in [1.807, 2.05) is 0 Å². The van der Waals surface area contributed by atoms with E-state index < -0.39 is 0 Å². The summed E-state index contributed by atoms with van der Waals surface area (Å²) in [6.45, 7) is 3.57. The molecule has 6 nitrogen and oxygen atoms in total. The Morgan fingerprint density at radius 1 is 1.24 bits per heavy atom. The first-order chi connectivity index (χ1) is 8.38. The minimum atomic E-state index is 0.572. The van der Waals surface area contributed by atoms with E-state index in [2.05, 4.69) is 32.7 Å². The quantitative estimate of drug-likeness (QED) is 0.793. The molecule has 0 saturated heterocycles. The molecule has 2 rings (SSSR count). The van der Waals surface area contributed by atoms with E-state index in [1.165, 1.54) is 0 Å². The lowest BCUT2D eigenvalue weighted by Gasteiger charge is -2.06. The summed E-state index contributed by atoms with van der Waals surface area (Å²) < 4.78 is 4.74. The molecule has 0 atom stereocenters. The van der Waals surface area contributed by atoms with Crippen molar-refractivity contribution in [3.8, 4) is 0 Å². The normalized spacial score (nSPS) is 10.2. The Morgan fingerprint density at radius 3 is 2.76 bits per heavy atom. The van der Waals surface area contributed by atoms with Crippen molar-refractivity contribution >= 4 is 11.6 Å². The van der Waals surface area contributed by atoms with Crippen LogP contribution in [-0.2, 0) is 6.54 Å². The number of hydrogen-bond donors (Lipinski definition) is 2. The van der Waals surface area contributed by atoms with Crippen molar-refractivity contribution in [3.05, 3.63) is 30.4 Å². The van der Waals surface area contributed by atoms with Crippen LogP contribution in [-0.4, -0.2) is 21.7 Å². The van der Waals surface area contributed by atoms with Gasteiger partial charge in [0, 0.05) is 12.6 Å². The Labute approximate surface area is 99.5 Å². The van der Waals surface area contributed by atoms with Gasteiger partial charge in [0.25, 0.3) is 0 Å². The van der Waals surface area contributed by atoms with Gasteiger partial charge in [0.05, 0.1) is 18.9 Å². The van der Waals surface area contributed by atoms with Gasteiger partial charge >= 0.3 is 0 Å². The maximum absolute atomic E-state index is 4.74. The topological polar surface area (TPSA) is 75.9 Å². The molecule has 90 valence electrons. The number of nitrogens with one attached hydrogen (secondary N) is 2. The fraction of sp³-hybridized carbons (Fsp3) is 0.364. The molecule has 0 radical (unpaired) electrons. The molecule has 0 saturated carbocycles. The zero-order chi connectivity index (χ0) is 11.9. The summed E-state index contributed by atoms with van der Waals surface area (Å²) in [5.74, 6) is 1.49. The molecular weight excluding hydrogens is 218 g/mol. The standard InChI is InChI=1S/C11H15N5O/c1-2-4-13-10-7-12-8-11(15-10)14-6-9-3-5-17-16-9/h3,5,7-8H,2,4,6H2,1H3,(H2,13,14,15). The van der Waals surface area contributed by atoms with Gasteiger partial charge in [-0.2, -0.15) is 0 Å². The van der Waals surface area contributed by atoms with E-state index in [1.54, 1.807) is 24.7 Å². The molecular formula is C11H15N5O. The molecule has 0 bridgehead atoms. The molecule has 2 N–H and O–H groups in total. The summed E-state index contributed by atoms with van der Waals surface area (Å²) in [4.78, 5) is 8.47. The van der Waals surface area contributed by atoms with Gasteiger partial charge < -0.3 is 15.2 Å². The Bertz CT molecular complexity index is 443. The van der Waals surface area contributed by atoms with Crippen molar-refractivity contribution in [2.75, 3.05) is 17.2 Å². The lowest BCUT2D eigenvalue weighted by molar-refractivity contribution is 0.412. The summed E-state index contributed by atoms with van der Waals surface area (Å²) >= 11 is 0. The molecule has 0 aliphatic rings. The Balaban J connectivity index is 1.91. The van der Waals surface area contributed by atoms with Crippen LogP contribution in [0.1, 0.15) is 19.0 Å². The number of aromatic nitrogens is 3. The highest BCUT2D eigenvalue weighted by Gasteiger charge is 1.99. The lowest BCUT2D eigenvalue weighted by atomic mass is 10.4. The van der Waals surface area contributed by atoms with Crippen LogP contribution in [0.3, 0.4) is 0 Å². The maximum atomic E-state index is 4.74. The third kappa shape index (κ3) is 3.44. The zero-order valence-corrected chi connectivity index (χ0v) is 9.68. The number of nitrogens with zero attached hydrogens (tertiary/aromatic N) is 3. The van der Waals surface area contributed by atoms with Crippen LogP contribution in [0.15, 0.2) is 29.2 Å². The largest absolute Gasteiger partial charge is 0.369 e. The highest BCUT2D eigenvalue weighted by Crippen LogP contribution is 2.07. The first-order valence-corrected chi connectivity index (χ1v) is 5.57. The van der Waals surface area contributed by atoms with Gasteiger partial charge in [0.1, 0.15) is 23.6 Å². The monoisotopic (exact) mass is 233 g/mol. The highest BCUT2D eigenvalue weighted by atomic mass is 16.5. The van der Waals surface area contributed by atoms with Crippen molar-refractivity contribution in [1.29, 1.82) is 0 Å². The van der Waals surface area contributed by atoms with Crippen molar-refractivity contribution in [2.45, 2.75) is 19.9 Å². The fourth-order valence-corrected chi connectivity index (χ4v) is 1.30. The predicted octanol–water partition coefficient (Wildman–Crippen LogP) is 1.90. The molecule has 2 aromatic heterocycles. The predicted molar refractivity (Wildman–Crippen MR) is 64.6 cm³/mol. The molecule has 2 aromatic rings. The molecule has 0 amide bonds. The highest BCUT2D eigenvalue weighted by molar-refractivity contribution is 5.41. The summed E-state index contributed by atoms with van der Waals surface area (Å²) in [5, 5.41) is 10.1. The molecule has 0 aliphatic carbocycles. The summed E-state index contributed by atoms with van der Waals surface area (Å²) in [6.07, 6.45) is 5.98. The van der Waals surface area contributed by atoms with E-state index in [4.69, 9.17) is 4.52 Å². The first-order valence-electron chi connectivity index (χ1n) is 5.57. The number of rotatable bonds is 6. The van der Waals surface area contributed by atoms with E-state index >= 15 is 0 Å². The number of hydrogen-bond acceptors (Lipinski definition) is 6. The molecule has 0 spiro atoms. The van der Waals surface area contributed by atoms with Crippen LogP contribution in [0.25, 0.3) is 0 Å². The second-order valence-electron chi connectivity index (χ2n) is 3.56. The van der Waals surface area contributed by atoms with Crippen LogP contribution in [0.5, 0.6) is 0 Å². The molecule has 6 heteroatoms. The summed E-state index contributed by atoms with van der Waals surface area (Å²) in [7, 11) is 0. The Morgan fingerprint density at radius 2 is 2.06 bits per heavy atom. The first kappa shape index (κ1) is 11.4. The molecule has 17 heavy (non-hydrogen) atoms. The van der Waals surface area contributed by atoms with E-state index in [9.17, 15) is 0 Å². The van der Waals surface area contributed by atoms with Gasteiger partial charge in [-0.25, -0.2) is 4.98 Å². The van der Waals surface area contributed by atoms with Crippen molar-refractivity contribution in [2.24, 2.45) is 0 Å². The van der Waals surface area contributed by atoms with E-state index in [0.29, 0.717) is 12.4 Å². The lowest BCUT2D eigenvalue weighted by Crippen LogP contribution is -2.06. The van der Waals surface area contributed by atoms with Crippen LogP contribution >= 0.6 is 0 Å². The van der Waals surface area contributed by atoms with Crippen molar-refractivity contribution in [1.82, 2.24) is 15.1 Å². The van der Waals surface area contributed by atoms with Gasteiger partial charge in [-0.3, -0.25) is 4.98 Å². The molecule has 0 fully saturated rings. The van der Waals surface area contributed by atoms with E-state index in [0.717, 1.165) is 24.5 Å². The Kier molecular flexibility index (Phi) is 3.90. The van der Waals surface area contributed by atoms with Crippen molar-refractivity contribution in [3.63, 3.8) is 0 Å². The van der Waals surface area contributed by atoms with Gasteiger partial charge in [-0.15, -0.1) is 0 Å². The smallest absolute Gasteiger partial charge is 0.147 e. The summed E-state index contributed by atoms with van der Waals surface area (Å²) in [5.41, 5.74) is 0.832. The minimum absolute atomic E-state index is 0.572. The third-order valence-electron chi connectivity index (χ3n) is 2.13. The van der Waals surface area contributed by atoms with Gasteiger partial charge in [0.15, 0.2) is 0 Å².